The lowest BCUT2D eigenvalue weighted by Crippen LogP contribution is -2.30. The van der Waals surface area contributed by atoms with E-state index in [9.17, 15) is 13.2 Å². The first kappa shape index (κ1) is 17.0. The smallest absolute Gasteiger partial charge is 0.307 e. The normalized spacial score (nSPS) is 21.8. The summed E-state index contributed by atoms with van der Waals surface area (Å²) in [5.41, 5.74) is 1.01. The number of carbonyl (C=O) groups excluding carboxylic acids is 1. The van der Waals surface area contributed by atoms with Crippen LogP contribution >= 0.6 is 0 Å². The highest BCUT2D eigenvalue weighted by molar-refractivity contribution is 7.92. The van der Waals surface area contributed by atoms with Crippen LogP contribution in [0.2, 0.25) is 0 Å². The predicted octanol–water partition coefficient (Wildman–Crippen LogP) is 3.42. The summed E-state index contributed by atoms with van der Waals surface area (Å²) in [4.78, 5) is 11.9. The van der Waals surface area contributed by atoms with Crippen molar-refractivity contribution in [3.63, 3.8) is 0 Å². The molecule has 0 radical (unpaired) electrons. The second-order valence-corrected chi connectivity index (χ2v) is 8.15. The number of hydrogen-bond acceptors (Lipinski definition) is 4. The summed E-state index contributed by atoms with van der Waals surface area (Å²) in [6, 6.07) is 6.78. The molecule has 2 atom stereocenters. The molecule has 5 heteroatoms. The monoisotopic (exact) mass is 324 g/mol. The number of hydrogen-bond donors (Lipinski definition) is 0. The summed E-state index contributed by atoms with van der Waals surface area (Å²) in [5.74, 6) is -0.402. The lowest BCUT2D eigenvalue weighted by molar-refractivity contribution is -0.141. The van der Waals surface area contributed by atoms with Gasteiger partial charge in [0.1, 0.15) is 11.4 Å². The Morgan fingerprint density at radius 1 is 1.14 bits per heavy atom. The Labute approximate surface area is 132 Å². The van der Waals surface area contributed by atoms with Gasteiger partial charge in [-0.3, -0.25) is 4.79 Å². The highest BCUT2D eigenvalue weighted by Gasteiger charge is 2.43. The molecule has 22 heavy (non-hydrogen) atoms. The molecule has 0 N–H and O–H groups in total. The van der Waals surface area contributed by atoms with Gasteiger partial charge in [-0.2, -0.15) is 0 Å². The molecule has 1 heterocycles. The number of ether oxygens (including phenoxy) is 1. The fourth-order valence-corrected chi connectivity index (χ4v) is 4.63. The molecule has 1 saturated heterocycles. The molecule has 1 aromatic rings. The standard InChI is InChI=1S/C17H24O4S/c1-3-4-5-6-7-15-16(12-17(18)21-15)22(19,20)14-10-8-13(2)9-11-14/h8-11,15-16H,3-7,12H2,1-2H3/t15-,16+/m0/s1. The Bertz CT molecular complexity index is 604. The first-order valence-corrected chi connectivity index (χ1v) is 9.50. The van der Waals surface area contributed by atoms with E-state index >= 15 is 0 Å². The molecule has 2 rings (SSSR count). The third-order valence-corrected chi connectivity index (χ3v) is 6.35. The third-order valence-electron chi connectivity index (χ3n) is 4.16. The van der Waals surface area contributed by atoms with Crippen molar-refractivity contribution in [2.75, 3.05) is 0 Å². The van der Waals surface area contributed by atoms with Gasteiger partial charge < -0.3 is 4.74 Å². The summed E-state index contributed by atoms with van der Waals surface area (Å²) in [6.45, 7) is 4.04. The Morgan fingerprint density at radius 3 is 2.45 bits per heavy atom. The summed E-state index contributed by atoms with van der Waals surface area (Å²) in [5, 5.41) is -0.746. The molecule has 1 aliphatic heterocycles. The van der Waals surface area contributed by atoms with Crippen molar-refractivity contribution in [1.82, 2.24) is 0 Å². The highest BCUT2D eigenvalue weighted by atomic mass is 32.2. The van der Waals surface area contributed by atoms with Gasteiger partial charge >= 0.3 is 5.97 Å². The average Bonchev–Trinajstić information content (AvgIpc) is 2.86. The zero-order valence-corrected chi connectivity index (χ0v) is 14.1. The summed E-state index contributed by atoms with van der Waals surface area (Å²) in [6.07, 6.45) is 4.27. The minimum absolute atomic E-state index is 0.0331. The van der Waals surface area contributed by atoms with E-state index in [0.717, 1.165) is 31.2 Å². The van der Waals surface area contributed by atoms with Gasteiger partial charge in [0, 0.05) is 0 Å². The van der Waals surface area contributed by atoms with E-state index < -0.39 is 27.2 Å². The number of cyclic esters (lactones) is 1. The van der Waals surface area contributed by atoms with Crippen LogP contribution in [0, 0.1) is 6.92 Å². The van der Waals surface area contributed by atoms with Crippen molar-refractivity contribution in [3.8, 4) is 0 Å². The Morgan fingerprint density at radius 2 is 1.82 bits per heavy atom. The summed E-state index contributed by atoms with van der Waals surface area (Å²) in [7, 11) is -3.53. The maximum absolute atomic E-state index is 12.8. The van der Waals surface area contributed by atoms with Crippen LogP contribution in [0.25, 0.3) is 0 Å². The minimum Gasteiger partial charge on any atom is -0.461 e. The number of aryl methyl sites for hydroxylation is 1. The van der Waals surface area contributed by atoms with Crippen LogP contribution in [0.3, 0.4) is 0 Å². The Hall–Kier alpha value is -1.36. The predicted molar refractivity (Wildman–Crippen MR) is 85.4 cm³/mol. The molecule has 0 saturated carbocycles. The lowest BCUT2D eigenvalue weighted by Gasteiger charge is -2.18. The molecule has 1 fully saturated rings. The van der Waals surface area contributed by atoms with Gasteiger partial charge in [-0.1, -0.05) is 43.9 Å². The molecular weight excluding hydrogens is 300 g/mol. The van der Waals surface area contributed by atoms with Crippen LogP contribution in [0.15, 0.2) is 29.2 Å². The lowest BCUT2D eigenvalue weighted by atomic mass is 10.1. The number of carbonyl (C=O) groups is 1. The van der Waals surface area contributed by atoms with Crippen LogP contribution < -0.4 is 0 Å². The number of unbranched alkanes of at least 4 members (excludes halogenated alkanes) is 3. The maximum Gasteiger partial charge on any atom is 0.307 e. The topological polar surface area (TPSA) is 60.4 Å². The third kappa shape index (κ3) is 3.88. The molecule has 122 valence electrons. The summed E-state index contributed by atoms with van der Waals surface area (Å²) >= 11 is 0. The van der Waals surface area contributed by atoms with Crippen molar-refractivity contribution in [1.29, 1.82) is 0 Å². The van der Waals surface area contributed by atoms with Gasteiger partial charge in [-0.05, 0) is 31.9 Å². The zero-order chi connectivity index (χ0) is 16.2. The molecule has 0 aromatic heterocycles. The van der Waals surface area contributed by atoms with Crippen molar-refractivity contribution >= 4 is 15.8 Å². The highest BCUT2D eigenvalue weighted by Crippen LogP contribution is 2.30. The molecule has 0 bridgehead atoms. The molecular formula is C17H24O4S. The van der Waals surface area contributed by atoms with Gasteiger partial charge in [0.05, 0.1) is 11.3 Å². The van der Waals surface area contributed by atoms with Crippen LogP contribution in [-0.4, -0.2) is 25.7 Å². The van der Waals surface area contributed by atoms with Gasteiger partial charge in [-0.15, -0.1) is 0 Å². The molecule has 1 aromatic carbocycles. The van der Waals surface area contributed by atoms with Gasteiger partial charge in [0.2, 0.25) is 0 Å². The fourth-order valence-electron chi connectivity index (χ4n) is 2.82. The second-order valence-electron chi connectivity index (χ2n) is 5.98. The van der Waals surface area contributed by atoms with E-state index in [1.165, 1.54) is 0 Å². The van der Waals surface area contributed by atoms with E-state index in [0.29, 0.717) is 6.42 Å². The first-order chi connectivity index (χ1) is 10.4. The van der Waals surface area contributed by atoms with Crippen molar-refractivity contribution in [2.45, 2.75) is 68.6 Å². The van der Waals surface area contributed by atoms with Gasteiger partial charge in [0.25, 0.3) is 0 Å². The van der Waals surface area contributed by atoms with Crippen molar-refractivity contribution in [3.05, 3.63) is 29.8 Å². The average molecular weight is 324 g/mol. The van der Waals surface area contributed by atoms with Crippen LogP contribution in [-0.2, 0) is 19.4 Å². The van der Waals surface area contributed by atoms with E-state index in [1.54, 1.807) is 24.3 Å². The van der Waals surface area contributed by atoms with Crippen molar-refractivity contribution < 1.29 is 17.9 Å². The number of sulfone groups is 1. The number of benzene rings is 1. The van der Waals surface area contributed by atoms with E-state index in [2.05, 4.69) is 6.92 Å². The van der Waals surface area contributed by atoms with Crippen LogP contribution in [0.1, 0.15) is 51.0 Å². The maximum atomic E-state index is 12.8. The molecule has 0 spiro atoms. The summed E-state index contributed by atoms with van der Waals surface area (Å²) < 4.78 is 30.8. The van der Waals surface area contributed by atoms with E-state index in [-0.39, 0.29) is 11.3 Å². The van der Waals surface area contributed by atoms with Crippen molar-refractivity contribution in [2.24, 2.45) is 0 Å². The zero-order valence-electron chi connectivity index (χ0n) is 13.2. The molecule has 0 amide bonds. The van der Waals surface area contributed by atoms with Crippen LogP contribution in [0.5, 0.6) is 0 Å². The van der Waals surface area contributed by atoms with E-state index in [1.807, 2.05) is 6.92 Å². The fraction of sp³-hybridized carbons (Fsp3) is 0.588. The molecule has 4 nitrogen and oxygen atoms in total. The Kier molecular flexibility index (Phi) is 5.62. The minimum atomic E-state index is -3.53. The molecule has 0 unspecified atom stereocenters. The Balaban J connectivity index is 2.13. The largest absolute Gasteiger partial charge is 0.461 e. The molecule has 0 aliphatic carbocycles. The van der Waals surface area contributed by atoms with E-state index in [4.69, 9.17) is 4.74 Å². The quantitative estimate of drug-likeness (QED) is 0.569. The SMILES string of the molecule is CCCCCC[C@@H]1OC(=O)C[C@H]1S(=O)(=O)c1ccc(C)cc1. The first-order valence-electron chi connectivity index (χ1n) is 7.95. The van der Waals surface area contributed by atoms with Gasteiger partial charge in [-0.25, -0.2) is 8.42 Å². The second kappa shape index (κ2) is 7.27. The van der Waals surface area contributed by atoms with Gasteiger partial charge in [0.15, 0.2) is 9.84 Å². The number of esters is 1. The number of rotatable bonds is 7. The van der Waals surface area contributed by atoms with Crippen LogP contribution in [0.4, 0.5) is 0 Å². The molecule has 1 aliphatic rings.